The third-order valence-corrected chi connectivity index (χ3v) is 4.23. The lowest BCUT2D eigenvalue weighted by molar-refractivity contribution is -0.644. The molecule has 0 spiro atoms. The Morgan fingerprint density at radius 1 is 0.857 bits per heavy atom. The first-order chi connectivity index (χ1) is 10.2. The number of hydrogen-bond acceptors (Lipinski definition) is 1. The number of hydrogen-bond donors (Lipinski definition) is 0. The van der Waals surface area contributed by atoms with Crippen molar-refractivity contribution >= 4 is 32.6 Å². The fraction of sp³-hybridized carbons (Fsp3) is 0.158. The molecule has 0 atom stereocenters. The zero-order valence-electron chi connectivity index (χ0n) is 12.5. The molecule has 1 heterocycles. The monoisotopic (exact) mass is 273 g/mol. The standard InChI is InChI=1S/C19H17N2/c1-12-7-6-10-15-14-8-4-5-9-16(14)18-19(17(12)15)21(3)11-13(2)20-18/h4-11H,1-3H3/q+1. The SMILES string of the molecule is Cc1c[n+](C)c2c(n1)c1ccccc1c1cccc(C)c12. The molecule has 0 fully saturated rings. The van der Waals surface area contributed by atoms with Crippen molar-refractivity contribution in [1.82, 2.24) is 4.98 Å². The molecule has 0 aliphatic rings. The van der Waals surface area contributed by atoms with Crippen molar-refractivity contribution in [2.45, 2.75) is 13.8 Å². The lowest BCUT2D eigenvalue weighted by Gasteiger charge is -2.10. The van der Waals surface area contributed by atoms with Crippen LogP contribution in [0, 0.1) is 13.8 Å². The molecule has 0 radical (unpaired) electrons. The summed E-state index contributed by atoms with van der Waals surface area (Å²) in [6.45, 7) is 4.23. The lowest BCUT2D eigenvalue weighted by atomic mass is 9.96. The van der Waals surface area contributed by atoms with E-state index in [-0.39, 0.29) is 0 Å². The third-order valence-electron chi connectivity index (χ3n) is 4.23. The molecule has 2 heteroatoms. The van der Waals surface area contributed by atoms with Gasteiger partial charge in [-0.25, -0.2) is 4.98 Å². The fourth-order valence-electron chi connectivity index (χ4n) is 3.38. The summed E-state index contributed by atoms with van der Waals surface area (Å²) in [6, 6.07) is 15.1. The topological polar surface area (TPSA) is 16.8 Å². The van der Waals surface area contributed by atoms with Crippen molar-refractivity contribution in [3.8, 4) is 0 Å². The van der Waals surface area contributed by atoms with Crippen LogP contribution in [0.3, 0.4) is 0 Å². The van der Waals surface area contributed by atoms with Gasteiger partial charge in [0.25, 0.3) is 0 Å². The van der Waals surface area contributed by atoms with E-state index in [4.69, 9.17) is 4.98 Å². The Balaban J connectivity index is 2.48. The molecule has 0 N–H and O–H groups in total. The minimum Gasteiger partial charge on any atom is -0.240 e. The first-order valence-electron chi connectivity index (χ1n) is 7.24. The van der Waals surface area contributed by atoms with E-state index in [9.17, 15) is 0 Å². The number of aromatic nitrogens is 2. The van der Waals surface area contributed by atoms with Gasteiger partial charge >= 0.3 is 0 Å². The highest BCUT2D eigenvalue weighted by Gasteiger charge is 2.18. The van der Waals surface area contributed by atoms with E-state index in [1.54, 1.807) is 0 Å². The Bertz CT molecular complexity index is 1020. The quantitative estimate of drug-likeness (QED) is 0.350. The van der Waals surface area contributed by atoms with Crippen LogP contribution in [0.2, 0.25) is 0 Å². The second-order valence-electron chi connectivity index (χ2n) is 5.73. The third kappa shape index (κ3) is 1.65. The summed E-state index contributed by atoms with van der Waals surface area (Å²) in [5, 5.41) is 5.12. The van der Waals surface area contributed by atoms with Crippen molar-refractivity contribution in [3.05, 3.63) is 59.9 Å². The molecule has 3 aromatic carbocycles. The van der Waals surface area contributed by atoms with Crippen LogP contribution in [-0.4, -0.2) is 4.98 Å². The predicted octanol–water partition coefficient (Wildman–Crippen LogP) is 3.98. The summed E-state index contributed by atoms with van der Waals surface area (Å²) >= 11 is 0. The lowest BCUT2D eigenvalue weighted by Crippen LogP contribution is -2.30. The summed E-state index contributed by atoms with van der Waals surface area (Å²) in [5.41, 5.74) is 4.65. The molecule has 0 aliphatic heterocycles. The summed E-state index contributed by atoms with van der Waals surface area (Å²) in [5.74, 6) is 0. The number of aryl methyl sites for hydroxylation is 3. The minimum atomic E-state index is 1.04. The first kappa shape index (κ1) is 12.3. The second-order valence-corrected chi connectivity index (χ2v) is 5.73. The molecule has 2 nitrogen and oxygen atoms in total. The molecule has 0 bridgehead atoms. The highest BCUT2D eigenvalue weighted by atomic mass is 15.0. The molecule has 0 saturated carbocycles. The van der Waals surface area contributed by atoms with Gasteiger partial charge in [-0.3, -0.25) is 0 Å². The van der Waals surface area contributed by atoms with Gasteiger partial charge in [-0.15, -0.1) is 0 Å². The van der Waals surface area contributed by atoms with Gasteiger partial charge in [0.15, 0.2) is 6.20 Å². The largest absolute Gasteiger partial charge is 0.240 e. The molecule has 21 heavy (non-hydrogen) atoms. The molecular weight excluding hydrogens is 256 g/mol. The maximum Gasteiger partial charge on any atom is 0.239 e. The maximum atomic E-state index is 4.84. The molecule has 0 aliphatic carbocycles. The van der Waals surface area contributed by atoms with Gasteiger partial charge in [0, 0.05) is 5.39 Å². The average Bonchev–Trinajstić information content (AvgIpc) is 2.47. The van der Waals surface area contributed by atoms with Crippen molar-refractivity contribution in [2.75, 3.05) is 0 Å². The number of rotatable bonds is 0. The van der Waals surface area contributed by atoms with Crippen LogP contribution in [0.5, 0.6) is 0 Å². The van der Waals surface area contributed by atoms with E-state index in [0.29, 0.717) is 0 Å². The Morgan fingerprint density at radius 2 is 1.57 bits per heavy atom. The molecular formula is C19H17N2+. The summed E-state index contributed by atoms with van der Waals surface area (Å²) in [7, 11) is 2.11. The van der Waals surface area contributed by atoms with Crippen LogP contribution in [0.1, 0.15) is 11.3 Å². The normalized spacial score (nSPS) is 11.6. The fourth-order valence-corrected chi connectivity index (χ4v) is 3.38. The van der Waals surface area contributed by atoms with Gasteiger partial charge in [-0.1, -0.05) is 42.5 Å². The second kappa shape index (κ2) is 4.26. The average molecular weight is 273 g/mol. The van der Waals surface area contributed by atoms with Gasteiger partial charge in [0.1, 0.15) is 18.3 Å². The highest BCUT2D eigenvalue weighted by molar-refractivity contribution is 6.22. The molecule has 102 valence electrons. The predicted molar refractivity (Wildman–Crippen MR) is 87.4 cm³/mol. The van der Waals surface area contributed by atoms with Crippen molar-refractivity contribution in [3.63, 3.8) is 0 Å². The Labute approximate surface area is 123 Å². The number of nitrogens with zero attached hydrogens (tertiary/aromatic N) is 2. The zero-order valence-corrected chi connectivity index (χ0v) is 12.5. The highest BCUT2D eigenvalue weighted by Crippen LogP contribution is 2.33. The van der Waals surface area contributed by atoms with Crippen LogP contribution in [0.15, 0.2) is 48.7 Å². The molecule has 4 aromatic rings. The van der Waals surface area contributed by atoms with Crippen LogP contribution < -0.4 is 4.57 Å². The molecule has 0 saturated heterocycles. The smallest absolute Gasteiger partial charge is 0.239 e. The number of benzene rings is 3. The van der Waals surface area contributed by atoms with E-state index in [2.05, 4.69) is 74.1 Å². The first-order valence-corrected chi connectivity index (χ1v) is 7.24. The van der Waals surface area contributed by atoms with Crippen LogP contribution in [0.4, 0.5) is 0 Å². The maximum absolute atomic E-state index is 4.84. The van der Waals surface area contributed by atoms with Gasteiger partial charge < -0.3 is 0 Å². The van der Waals surface area contributed by atoms with Gasteiger partial charge in [0.2, 0.25) is 5.52 Å². The van der Waals surface area contributed by atoms with Crippen molar-refractivity contribution < 1.29 is 4.57 Å². The Hall–Kier alpha value is -2.48. The van der Waals surface area contributed by atoms with Crippen LogP contribution in [0.25, 0.3) is 32.6 Å². The molecule has 4 rings (SSSR count). The Kier molecular flexibility index (Phi) is 2.49. The van der Waals surface area contributed by atoms with E-state index in [0.717, 1.165) is 11.2 Å². The summed E-state index contributed by atoms with van der Waals surface area (Å²) < 4.78 is 2.21. The Morgan fingerprint density at radius 3 is 2.38 bits per heavy atom. The van der Waals surface area contributed by atoms with E-state index >= 15 is 0 Å². The van der Waals surface area contributed by atoms with Gasteiger partial charge in [-0.05, 0) is 30.2 Å². The summed E-state index contributed by atoms with van der Waals surface area (Å²) in [4.78, 5) is 4.84. The van der Waals surface area contributed by atoms with E-state index in [1.165, 1.54) is 32.6 Å². The summed E-state index contributed by atoms with van der Waals surface area (Å²) in [6.07, 6.45) is 2.10. The van der Waals surface area contributed by atoms with Gasteiger partial charge in [0.05, 0.1) is 5.39 Å². The number of fused-ring (bicyclic) bond motifs is 6. The zero-order chi connectivity index (χ0) is 14.6. The van der Waals surface area contributed by atoms with E-state index in [1.807, 2.05) is 0 Å². The van der Waals surface area contributed by atoms with Gasteiger partial charge in [-0.2, -0.15) is 4.57 Å². The molecule has 1 aromatic heterocycles. The van der Waals surface area contributed by atoms with Crippen LogP contribution >= 0.6 is 0 Å². The van der Waals surface area contributed by atoms with Crippen LogP contribution in [-0.2, 0) is 7.05 Å². The van der Waals surface area contributed by atoms with Crippen molar-refractivity contribution in [1.29, 1.82) is 0 Å². The van der Waals surface area contributed by atoms with E-state index < -0.39 is 0 Å². The minimum absolute atomic E-state index is 1.04. The molecule has 0 amide bonds. The molecule has 0 unspecified atom stereocenters. The van der Waals surface area contributed by atoms with Crippen molar-refractivity contribution in [2.24, 2.45) is 7.05 Å².